The number of rotatable bonds is 6. The van der Waals surface area contributed by atoms with Gasteiger partial charge in [0.1, 0.15) is 0 Å². The molecule has 30 heavy (non-hydrogen) atoms. The molecule has 1 fully saturated rings. The van der Waals surface area contributed by atoms with Crippen molar-refractivity contribution in [3.05, 3.63) is 47.5 Å². The molecule has 0 amide bonds. The predicted molar refractivity (Wildman–Crippen MR) is 115 cm³/mol. The van der Waals surface area contributed by atoms with E-state index in [0.29, 0.717) is 43.0 Å². The minimum Gasteiger partial charge on any atom is -0.493 e. The standard InChI is InChI=1S/C22H25N5O3/c1-15-5-4-6-16(11-15)14-23-26-21-17-12-19(28-2)20(29-3)13-18(17)24-22(25-21)27-7-9-30-10-8-27/h4-6,11-13H,7-10,14H2,1-3H3. The van der Waals surface area contributed by atoms with E-state index < -0.39 is 0 Å². The van der Waals surface area contributed by atoms with E-state index in [-0.39, 0.29) is 0 Å². The van der Waals surface area contributed by atoms with Gasteiger partial charge < -0.3 is 19.1 Å². The summed E-state index contributed by atoms with van der Waals surface area (Å²) < 4.78 is 16.4. The Morgan fingerprint density at radius 3 is 2.53 bits per heavy atom. The summed E-state index contributed by atoms with van der Waals surface area (Å²) >= 11 is 0. The molecule has 4 rings (SSSR count). The van der Waals surface area contributed by atoms with Gasteiger partial charge in [-0.25, -0.2) is 4.98 Å². The Morgan fingerprint density at radius 1 is 1.03 bits per heavy atom. The lowest BCUT2D eigenvalue weighted by Crippen LogP contribution is -2.37. The summed E-state index contributed by atoms with van der Waals surface area (Å²) in [5.41, 5.74) is 3.03. The maximum atomic E-state index is 5.45. The van der Waals surface area contributed by atoms with E-state index in [1.165, 1.54) is 5.56 Å². The molecule has 0 aliphatic carbocycles. The minimum absolute atomic E-state index is 0.480. The highest BCUT2D eigenvalue weighted by molar-refractivity contribution is 5.91. The summed E-state index contributed by atoms with van der Waals surface area (Å²) in [4.78, 5) is 11.5. The van der Waals surface area contributed by atoms with E-state index in [4.69, 9.17) is 24.2 Å². The number of anilines is 1. The van der Waals surface area contributed by atoms with Gasteiger partial charge in [0.15, 0.2) is 17.3 Å². The third-order valence-electron chi connectivity index (χ3n) is 4.96. The molecule has 3 aromatic rings. The van der Waals surface area contributed by atoms with Crippen LogP contribution in [-0.4, -0.2) is 50.5 Å². The summed E-state index contributed by atoms with van der Waals surface area (Å²) in [5, 5.41) is 9.63. The van der Waals surface area contributed by atoms with Crippen molar-refractivity contribution in [2.75, 3.05) is 45.4 Å². The van der Waals surface area contributed by atoms with Gasteiger partial charge in [0.05, 0.1) is 44.9 Å². The zero-order chi connectivity index (χ0) is 20.9. The second-order valence-corrected chi connectivity index (χ2v) is 7.06. The number of fused-ring (bicyclic) bond motifs is 1. The molecule has 0 bridgehead atoms. The summed E-state index contributed by atoms with van der Waals surface area (Å²) in [7, 11) is 3.21. The van der Waals surface area contributed by atoms with Gasteiger partial charge in [-0.1, -0.05) is 29.8 Å². The van der Waals surface area contributed by atoms with Crippen LogP contribution in [0.15, 0.2) is 46.6 Å². The summed E-state index contributed by atoms with van der Waals surface area (Å²) in [6, 6.07) is 11.9. The van der Waals surface area contributed by atoms with E-state index in [9.17, 15) is 0 Å². The number of azo groups is 1. The van der Waals surface area contributed by atoms with E-state index in [0.717, 1.165) is 29.6 Å². The van der Waals surface area contributed by atoms with Crippen molar-refractivity contribution >= 4 is 22.7 Å². The van der Waals surface area contributed by atoms with Gasteiger partial charge in [0.25, 0.3) is 0 Å². The van der Waals surface area contributed by atoms with Crippen molar-refractivity contribution in [2.24, 2.45) is 10.2 Å². The minimum atomic E-state index is 0.480. The Hall–Kier alpha value is -3.26. The Kier molecular flexibility index (Phi) is 6.04. The molecule has 1 aliphatic heterocycles. The molecule has 8 nitrogen and oxygen atoms in total. The molecule has 156 valence electrons. The van der Waals surface area contributed by atoms with Gasteiger partial charge in [-0.05, 0) is 18.6 Å². The number of hydrogen-bond acceptors (Lipinski definition) is 8. The predicted octanol–water partition coefficient (Wildman–Crippen LogP) is 4.08. The first-order valence-corrected chi connectivity index (χ1v) is 9.87. The third-order valence-corrected chi connectivity index (χ3v) is 4.96. The fourth-order valence-electron chi connectivity index (χ4n) is 3.40. The molecular formula is C22H25N5O3. The molecule has 2 aromatic carbocycles. The maximum Gasteiger partial charge on any atom is 0.228 e. The topological polar surface area (TPSA) is 81.4 Å². The quantitative estimate of drug-likeness (QED) is 0.573. The van der Waals surface area contributed by atoms with Crippen molar-refractivity contribution in [3.63, 3.8) is 0 Å². The van der Waals surface area contributed by atoms with Gasteiger partial charge in [-0.3, -0.25) is 0 Å². The summed E-state index contributed by atoms with van der Waals surface area (Å²) in [6.07, 6.45) is 0. The molecule has 0 unspecified atom stereocenters. The fourth-order valence-corrected chi connectivity index (χ4v) is 3.40. The van der Waals surface area contributed by atoms with E-state index in [1.54, 1.807) is 14.2 Å². The molecule has 0 N–H and O–H groups in total. The molecule has 0 spiro atoms. The first kappa shape index (κ1) is 20.0. The number of morpholine rings is 1. The second-order valence-electron chi connectivity index (χ2n) is 7.06. The third kappa shape index (κ3) is 4.33. The monoisotopic (exact) mass is 407 g/mol. The average Bonchev–Trinajstić information content (AvgIpc) is 2.78. The number of ether oxygens (including phenoxy) is 3. The Balaban J connectivity index is 1.74. The normalized spacial score (nSPS) is 14.4. The highest BCUT2D eigenvalue weighted by Crippen LogP contribution is 2.36. The first-order chi connectivity index (χ1) is 14.7. The van der Waals surface area contributed by atoms with Gasteiger partial charge in [0, 0.05) is 19.2 Å². The SMILES string of the molecule is COc1cc2nc(N3CCOCC3)nc(N=NCc3cccc(C)c3)c2cc1OC. The molecule has 8 heteroatoms. The van der Waals surface area contributed by atoms with Crippen LogP contribution in [0.3, 0.4) is 0 Å². The maximum absolute atomic E-state index is 5.45. The Labute approximate surface area is 175 Å². The van der Waals surface area contributed by atoms with Crippen molar-refractivity contribution in [2.45, 2.75) is 13.5 Å². The largest absolute Gasteiger partial charge is 0.493 e. The van der Waals surface area contributed by atoms with Crippen molar-refractivity contribution in [3.8, 4) is 11.5 Å². The van der Waals surface area contributed by atoms with Crippen LogP contribution < -0.4 is 14.4 Å². The molecule has 0 saturated carbocycles. The van der Waals surface area contributed by atoms with Crippen LogP contribution in [0.1, 0.15) is 11.1 Å². The van der Waals surface area contributed by atoms with E-state index in [1.807, 2.05) is 24.3 Å². The molecule has 2 heterocycles. The van der Waals surface area contributed by atoms with Crippen LogP contribution in [0.4, 0.5) is 11.8 Å². The summed E-state index contributed by atoms with van der Waals surface area (Å²) in [6.45, 7) is 5.31. The highest BCUT2D eigenvalue weighted by Gasteiger charge is 2.18. The number of hydrogen-bond donors (Lipinski definition) is 0. The first-order valence-electron chi connectivity index (χ1n) is 9.87. The zero-order valence-electron chi connectivity index (χ0n) is 17.5. The summed E-state index contributed by atoms with van der Waals surface area (Å²) in [5.74, 6) is 2.33. The van der Waals surface area contributed by atoms with Gasteiger partial charge >= 0.3 is 0 Å². The van der Waals surface area contributed by atoms with Crippen molar-refractivity contribution in [1.29, 1.82) is 0 Å². The van der Waals surface area contributed by atoms with Gasteiger partial charge in [-0.2, -0.15) is 10.1 Å². The number of benzene rings is 2. The van der Waals surface area contributed by atoms with Crippen LogP contribution in [0.2, 0.25) is 0 Å². The Bertz CT molecular complexity index is 1060. The smallest absolute Gasteiger partial charge is 0.228 e. The van der Waals surface area contributed by atoms with Crippen LogP contribution >= 0.6 is 0 Å². The van der Waals surface area contributed by atoms with Gasteiger partial charge in [0.2, 0.25) is 5.95 Å². The number of nitrogens with zero attached hydrogens (tertiary/aromatic N) is 5. The lowest BCUT2D eigenvalue weighted by Gasteiger charge is -2.27. The van der Waals surface area contributed by atoms with Crippen LogP contribution in [-0.2, 0) is 11.3 Å². The molecule has 0 radical (unpaired) electrons. The second kappa shape index (κ2) is 9.04. The number of aromatic nitrogens is 2. The fraction of sp³-hybridized carbons (Fsp3) is 0.364. The van der Waals surface area contributed by atoms with Gasteiger partial charge in [-0.15, -0.1) is 5.11 Å². The molecule has 1 saturated heterocycles. The van der Waals surface area contributed by atoms with Crippen LogP contribution in [0, 0.1) is 6.92 Å². The van der Waals surface area contributed by atoms with E-state index in [2.05, 4.69) is 34.2 Å². The van der Waals surface area contributed by atoms with Crippen LogP contribution in [0.25, 0.3) is 10.9 Å². The molecule has 1 aliphatic rings. The molecule has 1 aromatic heterocycles. The Morgan fingerprint density at radius 2 is 1.80 bits per heavy atom. The number of aryl methyl sites for hydroxylation is 1. The number of methoxy groups -OCH3 is 2. The lowest BCUT2D eigenvalue weighted by atomic mass is 10.1. The van der Waals surface area contributed by atoms with Crippen LogP contribution in [0.5, 0.6) is 11.5 Å². The highest BCUT2D eigenvalue weighted by atomic mass is 16.5. The van der Waals surface area contributed by atoms with Crippen molar-refractivity contribution < 1.29 is 14.2 Å². The molecular weight excluding hydrogens is 382 g/mol. The zero-order valence-corrected chi connectivity index (χ0v) is 17.5. The molecule has 0 atom stereocenters. The van der Waals surface area contributed by atoms with Crippen molar-refractivity contribution in [1.82, 2.24) is 9.97 Å². The average molecular weight is 407 g/mol. The van der Waals surface area contributed by atoms with E-state index >= 15 is 0 Å². The lowest BCUT2D eigenvalue weighted by molar-refractivity contribution is 0.122.